The molecule has 0 aliphatic rings. The van der Waals surface area contributed by atoms with E-state index in [1.165, 1.54) is 30.3 Å². The lowest BCUT2D eigenvalue weighted by molar-refractivity contribution is 0.439. The zero-order valence-corrected chi connectivity index (χ0v) is 10.8. The maximum atomic E-state index is 13.8. The van der Waals surface area contributed by atoms with Gasteiger partial charge in [0.05, 0.1) is 0 Å². The first-order valence-electron chi connectivity index (χ1n) is 5.96. The molecule has 0 unspecified atom stereocenters. The van der Waals surface area contributed by atoms with Crippen LogP contribution in [0.4, 0.5) is 8.78 Å². The van der Waals surface area contributed by atoms with Crippen molar-refractivity contribution in [2.24, 2.45) is 5.73 Å². The van der Waals surface area contributed by atoms with Gasteiger partial charge in [0.15, 0.2) is 11.6 Å². The Labute approximate surface area is 110 Å². The topological polar surface area (TPSA) is 35.2 Å². The van der Waals surface area contributed by atoms with E-state index in [0.29, 0.717) is 16.9 Å². The number of hydrogen-bond donors (Lipinski definition) is 1. The number of aryl methyl sites for hydroxylation is 1. The van der Waals surface area contributed by atoms with E-state index in [2.05, 4.69) is 0 Å². The molecule has 1 atom stereocenters. The molecule has 4 heteroatoms. The molecule has 0 radical (unpaired) electrons. The molecule has 0 saturated heterocycles. The summed E-state index contributed by atoms with van der Waals surface area (Å²) in [6, 6.07) is 8.60. The minimum atomic E-state index is -0.489. The van der Waals surface area contributed by atoms with Gasteiger partial charge in [0.2, 0.25) is 0 Å². The molecule has 2 nitrogen and oxygen atoms in total. The third-order valence-corrected chi connectivity index (χ3v) is 2.84. The zero-order chi connectivity index (χ0) is 14.0. The molecular weight excluding hydrogens is 248 g/mol. The molecule has 2 N–H and O–H groups in total. The average Bonchev–Trinajstić information content (AvgIpc) is 2.36. The minimum absolute atomic E-state index is 0.0930. The molecule has 0 aliphatic carbocycles. The van der Waals surface area contributed by atoms with Gasteiger partial charge in [-0.25, -0.2) is 8.78 Å². The van der Waals surface area contributed by atoms with Crippen LogP contribution in [-0.4, -0.2) is 0 Å². The van der Waals surface area contributed by atoms with Crippen LogP contribution in [0.3, 0.4) is 0 Å². The molecule has 0 aromatic heterocycles. The van der Waals surface area contributed by atoms with Crippen LogP contribution in [0.5, 0.6) is 11.5 Å². The van der Waals surface area contributed by atoms with E-state index >= 15 is 0 Å². The summed E-state index contributed by atoms with van der Waals surface area (Å²) in [5.41, 5.74) is 6.82. The van der Waals surface area contributed by atoms with E-state index in [1.807, 2.05) is 0 Å². The smallest absolute Gasteiger partial charge is 0.166 e. The minimum Gasteiger partial charge on any atom is -0.454 e. The van der Waals surface area contributed by atoms with Crippen LogP contribution < -0.4 is 10.5 Å². The molecule has 0 fully saturated rings. The second kappa shape index (κ2) is 5.36. The van der Waals surface area contributed by atoms with Crippen molar-refractivity contribution in [3.63, 3.8) is 0 Å². The molecule has 0 saturated carbocycles. The Bertz CT molecular complexity index is 597. The van der Waals surface area contributed by atoms with Crippen molar-refractivity contribution >= 4 is 0 Å². The Balaban J connectivity index is 2.25. The quantitative estimate of drug-likeness (QED) is 0.905. The summed E-state index contributed by atoms with van der Waals surface area (Å²) >= 11 is 0. The van der Waals surface area contributed by atoms with Crippen molar-refractivity contribution in [3.8, 4) is 11.5 Å². The number of rotatable bonds is 3. The van der Waals surface area contributed by atoms with E-state index in [-0.39, 0.29) is 17.6 Å². The van der Waals surface area contributed by atoms with Gasteiger partial charge in [-0.15, -0.1) is 0 Å². The standard InChI is InChI=1S/C15H15F2NO/c1-9-7-12(4-5-13(9)16)19-15-6-3-11(10(2)18)8-14(15)17/h3-8,10H,18H2,1-2H3/t10-/m1/s1. The Kier molecular flexibility index (Phi) is 3.81. The fourth-order valence-electron chi connectivity index (χ4n) is 1.69. The first-order valence-corrected chi connectivity index (χ1v) is 5.96. The summed E-state index contributed by atoms with van der Waals surface area (Å²) in [4.78, 5) is 0. The summed E-state index contributed by atoms with van der Waals surface area (Å²) < 4.78 is 32.3. The summed E-state index contributed by atoms with van der Waals surface area (Å²) in [7, 11) is 0. The zero-order valence-electron chi connectivity index (χ0n) is 10.8. The largest absolute Gasteiger partial charge is 0.454 e. The highest BCUT2D eigenvalue weighted by Gasteiger charge is 2.09. The van der Waals surface area contributed by atoms with E-state index in [1.54, 1.807) is 19.9 Å². The highest BCUT2D eigenvalue weighted by atomic mass is 19.1. The molecular formula is C15H15F2NO. The van der Waals surface area contributed by atoms with Crippen molar-refractivity contribution in [1.29, 1.82) is 0 Å². The first-order chi connectivity index (χ1) is 8.97. The van der Waals surface area contributed by atoms with Gasteiger partial charge < -0.3 is 10.5 Å². The molecule has 19 heavy (non-hydrogen) atoms. The van der Waals surface area contributed by atoms with Gasteiger partial charge in [-0.05, 0) is 55.3 Å². The molecule has 0 spiro atoms. The predicted octanol–water partition coefficient (Wildman–Crippen LogP) is 4.09. The van der Waals surface area contributed by atoms with E-state index in [9.17, 15) is 8.78 Å². The third-order valence-electron chi connectivity index (χ3n) is 2.84. The lowest BCUT2D eigenvalue weighted by Crippen LogP contribution is -2.05. The Morgan fingerprint density at radius 3 is 2.37 bits per heavy atom. The van der Waals surface area contributed by atoms with Gasteiger partial charge >= 0.3 is 0 Å². The van der Waals surface area contributed by atoms with Crippen LogP contribution in [0, 0.1) is 18.6 Å². The fraction of sp³-hybridized carbons (Fsp3) is 0.200. The fourth-order valence-corrected chi connectivity index (χ4v) is 1.69. The highest BCUT2D eigenvalue weighted by molar-refractivity contribution is 5.37. The predicted molar refractivity (Wildman–Crippen MR) is 70.2 cm³/mol. The summed E-state index contributed by atoms with van der Waals surface area (Å²) in [6.07, 6.45) is 0. The van der Waals surface area contributed by atoms with Crippen LogP contribution in [0.1, 0.15) is 24.1 Å². The Hall–Kier alpha value is -1.94. The average molecular weight is 263 g/mol. The van der Waals surface area contributed by atoms with Gasteiger partial charge in [0.1, 0.15) is 11.6 Å². The van der Waals surface area contributed by atoms with Crippen molar-refractivity contribution in [2.75, 3.05) is 0 Å². The molecule has 0 bridgehead atoms. The van der Waals surface area contributed by atoms with Crippen LogP contribution in [0.25, 0.3) is 0 Å². The van der Waals surface area contributed by atoms with Crippen molar-refractivity contribution in [3.05, 3.63) is 59.2 Å². The van der Waals surface area contributed by atoms with Crippen molar-refractivity contribution < 1.29 is 13.5 Å². The number of halogens is 2. The van der Waals surface area contributed by atoms with Crippen LogP contribution >= 0.6 is 0 Å². The summed E-state index contributed by atoms with van der Waals surface area (Å²) in [6.45, 7) is 3.40. The lowest BCUT2D eigenvalue weighted by Gasteiger charge is -2.10. The second-order valence-corrected chi connectivity index (χ2v) is 4.49. The van der Waals surface area contributed by atoms with Gasteiger partial charge in [0.25, 0.3) is 0 Å². The first kappa shape index (κ1) is 13.5. The lowest BCUT2D eigenvalue weighted by atomic mass is 10.1. The molecule has 0 amide bonds. The third kappa shape index (κ3) is 3.09. The van der Waals surface area contributed by atoms with Gasteiger partial charge in [-0.1, -0.05) is 6.07 Å². The van der Waals surface area contributed by atoms with E-state index in [4.69, 9.17) is 10.5 Å². The van der Waals surface area contributed by atoms with Crippen molar-refractivity contribution in [1.82, 2.24) is 0 Å². The number of ether oxygens (including phenoxy) is 1. The Morgan fingerprint density at radius 2 is 1.79 bits per heavy atom. The van der Waals surface area contributed by atoms with Gasteiger partial charge in [-0.3, -0.25) is 0 Å². The monoisotopic (exact) mass is 263 g/mol. The SMILES string of the molecule is Cc1cc(Oc2ccc([C@@H](C)N)cc2F)ccc1F. The highest BCUT2D eigenvalue weighted by Crippen LogP contribution is 2.27. The normalized spacial score (nSPS) is 12.3. The maximum Gasteiger partial charge on any atom is 0.166 e. The van der Waals surface area contributed by atoms with Crippen LogP contribution in [0.2, 0.25) is 0 Å². The van der Waals surface area contributed by atoms with E-state index < -0.39 is 5.82 Å². The Morgan fingerprint density at radius 1 is 1.05 bits per heavy atom. The van der Waals surface area contributed by atoms with Crippen LogP contribution in [-0.2, 0) is 0 Å². The second-order valence-electron chi connectivity index (χ2n) is 4.49. The molecule has 0 heterocycles. The molecule has 0 aliphatic heterocycles. The number of benzene rings is 2. The van der Waals surface area contributed by atoms with Crippen molar-refractivity contribution in [2.45, 2.75) is 19.9 Å². The molecule has 2 aromatic rings. The maximum absolute atomic E-state index is 13.8. The van der Waals surface area contributed by atoms with Crippen LogP contribution in [0.15, 0.2) is 36.4 Å². The van der Waals surface area contributed by atoms with Gasteiger partial charge in [0, 0.05) is 6.04 Å². The summed E-state index contributed by atoms with van der Waals surface area (Å²) in [5, 5.41) is 0. The number of nitrogens with two attached hydrogens (primary N) is 1. The van der Waals surface area contributed by atoms with Gasteiger partial charge in [-0.2, -0.15) is 0 Å². The van der Waals surface area contributed by atoms with E-state index in [0.717, 1.165) is 0 Å². The molecule has 100 valence electrons. The molecule has 2 aromatic carbocycles. The summed E-state index contributed by atoms with van der Waals surface area (Å²) in [5.74, 6) is -0.321. The molecule has 2 rings (SSSR count). The number of hydrogen-bond acceptors (Lipinski definition) is 2.